The SMILES string of the molecule is Cc1ccc(-n2cc(C(=O)Nc3cc(Br)cc(NS(C)(=O)=O)c3)cn2)nc1. The second-order valence-corrected chi connectivity index (χ2v) is 8.59. The number of anilines is 2. The summed E-state index contributed by atoms with van der Waals surface area (Å²) >= 11 is 3.30. The number of hydrogen-bond acceptors (Lipinski definition) is 5. The van der Waals surface area contributed by atoms with Gasteiger partial charge in [-0.15, -0.1) is 0 Å². The number of benzene rings is 1. The van der Waals surface area contributed by atoms with Crippen molar-refractivity contribution in [2.75, 3.05) is 16.3 Å². The second kappa shape index (κ2) is 7.49. The third-order valence-electron chi connectivity index (χ3n) is 3.43. The molecule has 0 unspecified atom stereocenters. The monoisotopic (exact) mass is 449 g/mol. The molecule has 2 aromatic heterocycles. The van der Waals surface area contributed by atoms with Crippen molar-refractivity contribution in [1.82, 2.24) is 14.8 Å². The highest BCUT2D eigenvalue weighted by atomic mass is 79.9. The molecule has 1 amide bonds. The molecule has 2 heterocycles. The van der Waals surface area contributed by atoms with E-state index in [1.165, 1.54) is 16.9 Å². The molecule has 10 heteroatoms. The number of halogens is 1. The van der Waals surface area contributed by atoms with Gasteiger partial charge in [0.1, 0.15) is 0 Å². The maximum Gasteiger partial charge on any atom is 0.258 e. The van der Waals surface area contributed by atoms with Crippen LogP contribution in [0.3, 0.4) is 0 Å². The van der Waals surface area contributed by atoms with Crippen molar-refractivity contribution in [2.45, 2.75) is 6.92 Å². The zero-order valence-corrected chi connectivity index (χ0v) is 16.9. The van der Waals surface area contributed by atoms with Gasteiger partial charge >= 0.3 is 0 Å². The molecular formula is C17H16BrN5O3S. The maximum atomic E-state index is 12.5. The van der Waals surface area contributed by atoms with Gasteiger partial charge in [0.25, 0.3) is 5.91 Å². The molecular weight excluding hydrogens is 434 g/mol. The number of carbonyl (C=O) groups excluding carboxylic acids is 1. The van der Waals surface area contributed by atoms with E-state index in [2.05, 4.69) is 36.1 Å². The Morgan fingerprint density at radius 3 is 2.56 bits per heavy atom. The van der Waals surface area contributed by atoms with Crippen LogP contribution in [0.15, 0.2) is 53.4 Å². The number of pyridine rings is 1. The van der Waals surface area contributed by atoms with E-state index in [4.69, 9.17) is 0 Å². The number of rotatable bonds is 5. The van der Waals surface area contributed by atoms with Gasteiger partial charge in [0.2, 0.25) is 10.0 Å². The summed E-state index contributed by atoms with van der Waals surface area (Å²) in [5, 5.41) is 6.88. The number of nitrogens with one attached hydrogen (secondary N) is 2. The molecule has 0 spiro atoms. The number of nitrogens with zero attached hydrogens (tertiary/aromatic N) is 3. The Hall–Kier alpha value is -2.72. The summed E-state index contributed by atoms with van der Waals surface area (Å²) in [7, 11) is -3.43. The Labute approximate surface area is 164 Å². The summed E-state index contributed by atoms with van der Waals surface area (Å²) in [6.45, 7) is 1.93. The standard InChI is InChI=1S/C17H16BrN5O3S/c1-11-3-4-16(19-8-11)23-10-12(9-20-23)17(24)21-14-5-13(18)6-15(7-14)22-27(2,25)26/h3-10,22H,1-2H3,(H,21,24). The van der Waals surface area contributed by atoms with Crippen LogP contribution in [0.1, 0.15) is 15.9 Å². The van der Waals surface area contributed by atoms with Gasteiger partial charge in [0.15, 0.2) is 5.82 Å². The van der Waals surface area contributed by atoms with Crippen LogP contribution < -0.4 is 10.0 Å². The van der Waals surface area contributed by atoms with E-state index >= 15 is 0 Å². The lowest BCUT2D eigenvalue weighted by molar-refractivity contribution is 0.102. The van der Waals surface area contributed by atoms with E-state index in [1.54, 1.807) is 24.5 Å². The Balaban J connectivity index is 1.79. The molecule has 0 aliphatic heterocycles. The molecule has 140 valence electrons. The molecule has 0 saturated heterocycles. The molecule has 0 bridgehead atoms. The van der Waals surface area contributed by atoms with Crippen LogP contribution in [0, 0.1) is 6.92 Å². The molecule has 0 aliphatic carbocycles. The predicted molar refractivity (Wildman–Crippen MR) is 107 cm³/mol. The van der Waals surface area contributed by atoms with E-state index in [-0.39, 0.29) is 5.91 Å². The summed E-state index contributed by atoms with van der Waals surface area (Å²) in [5.41, 5.74) is 2.13. The normalized spacial score (nSPS) is 11.2. The van der Waals surface area contributed by atoms with Crippen LogP contribution in [-0.2, 0) is 10.0 Å². The predicted octanol–water partition coefficient (Wildman–Crippen LogP) is 2.96. The first-order valence-electron chi connectivity index (χ1n) is 7.77. The molecule has 0 aliphatic rings. The quantitative estimate of drug-likeness (QED) is 0.622. The van der Waals surface area contributed by atoms with Crippen molar-refractivity contribution < 1.29 is 13.2 Å². The summed E-state index contributed by atoms with van der Waals surface area (Å²) in [5.74, 6) is 0.221. The minimum absolute atomic E-state index is 0.335. The molecule has 27 heavy (non-hydrogen) atoms. The molecule has 0 fully saturated rings. The van der Waals surface area contributed by atoms with E-state index in [1.807, 2.05) is 19.1 Å². The summed E-state index contributed by atoms with van der Waals surface area (Å²) in [6, 6.07) is 8.49. The van der Waals surface area contributed by atoms with Crippen LogP contribution in [0.25, 0.3) is 5.82 Å². The maximum absolute atomic E-state index is 12.5. The van der Waals surface area contributed by atoms with Gasteiger partial charge in [0, 0.05) is 22.6 Å². The van der Waals surface area contributed by atoms with E-state index in [9.17, 15) is 13.2 Å². The fourth-order valence-corrected chi connectivity index (χ4v) is 3.34. The van der Waals surface area contributed by atoms with Gasteiger partial charge < -0.3 is 5.32 Å². The number of aromatic nitrogens is 3. The molecule has 0 radical (unpaired) electrons. The highest BCUT2D eigenvalue weighted by molar-refractivity contribution is 9.10. The topological polar surface area (TPSA) is 106 Å². The Morgan fingerprint density at radius 2 is 1.89 bits per heavy atom. The van der Waals surface area contributed by atoms with Crippen molar-refractivity contribution >= 4 is 43.2 Å². The number of hydrogen-bond donors (Lipinski definition) is 2. The van der Waals surface area contributed by atoms with Crippen LogP contribution in [0.4, 0.5) is 11.4 Å². The van der Waals surface area contributed by atoms with Crippen molar-refractivity contribution in [3.8, 4) is 5.82 Å². The highest BCUT2D eigenvalue weighted by Gasteiger charge is 2.12. The van der Waals surface area contributed by atoms with Crippen LogP contribution in [0.5, 0.6) is 0 Å². The molecule has 3 rings (SSSR count). The largest absolute Gasteiger partial charge is 0.322 e. The van der Waals surface area contributed by atoms with Gasteiger partial charge in [0.05, 0.1) is 23.7 Å². The number of amides is 1. The van der Waals surface area contributed by atoms with Crippen molar-refractivity contribution in [1.29, 1.82) is 0 Å². The molecule has 1 aromatic carbocycles. The van der Waals surface area contributed by atoms with Gasteiger partial charge in [-0.05, 0) is 36.8 Å². The van der Waals surface area contributed by atoms with Crippen molar-refractivity contribution in [2.24, 2.45) is 0 Å². The third kappa shape index (κ3) is 5.14. The average Bonchev–Trinajstić information content (AvgIpc) is 3.03. The van der Waals surface area contributed by atoms with E-state index in [0.29, 0.717) is 27.2 Å². The van der Waals surface area contributed by atoms with Gasteiger partial charge in [-0.1, -0.05) is 22.0 Å². The lowest BCUT2D eigenvalue weighted by atomic mass is 10.2. The number of sulfonamides is 1. The summed E-state index contributed by atoms with van der Waals surface area (Å²) in [6.07, 6.45) is 5.78. The van der Waals surface area contributed by atoms with Crippen LogP contribution in [-0.4, -0.2) is 35.3 Å². The Morgan fingerprint density at radius 1 is 1.15 bits per heavy atom. The Bertz CT molecular complexity index is 1090. The minimum Gasteiger partial charge on any atom is -0.322 e. The summed E-state index contributed by atoms with van der Waals surface area (Å²) < 4.78 is 27.3. The fraction of sp³-hybridized carbons (Fsp3) is 0.118. The average molecular weight is 450 g/mol. The first-order valence-corrected chi connectivity index (χ1v) is 10.5. The zero-order chi connectivity index (χ0) is 19.6. The second-order valence-electron chi connectivity index (χ2n) is 5.92. The minimum atomic E-state index is -3.43. The fourth-order valence-electron chi connectivity index (χ4n) is 2.30. The van der Waals surface area contributed by atoms with Gasteiger partial charge in [-0.2, -0.15) is 5.10 Å². The van der Waals surface area contributed by atoms with Crippen LogP contribution >= 0.6 is 15.9 Å². The molecule has 0 saturated carbocycles. The molecule has 8 nitrogen and oxygen atoms in total. The van der Waals surface area contributed by atoms with Gasteiger partial charge in [-0.25, -0.2) is 18.1 Å². The number of carbonyl (C=O) groups is 1. The molecule has 0 atom stereocenters. The third-order valence-corrected chi connectivity index (χ3v) is 4.50. The molecule has 2 N–H and O–H groups in total. The van der Waals surface area contributed by atoms with Crippen molar-refractivity contribution in [3.63, 3.8) is 0 Å². The zero-order valence-electron chi connectivity index (χ0n) is 14.5. The lowest BCUT2D eigenvalue weighted by Crippen LogP contribution is -2.13. The first kappa shape index (κ1) is 19.1. The Kier molecular flexibility index (Phi) is 5.29. The highest BCUT2D eigenvalue weighted by Crippen LogP contribution is 2.24. The van der Waals surface area contributed by atoms with Crippen molar-refractivity contribution in [3.05, 3.63) is 64.5 Å². The van der Waals surface area contributed by atoms with Gasteiger partial charge in [-0.3, -0.25) is 9.52 Å². The van der Waals surface area contributed by atoms with E-state index < -0.39 is 10.0 Å². The lowest BCUT2D eigenvalue weighted by Gasteiger charge is -2.09. The van der Waals surface area contributed by atoms with Crippen LogP contribution in [0.2, 0.25) is 0 Å². The first-order chi connectivity index (χ1) is 12.7. The molecule has 3 aromatic rings. The number of aryl methyl sites for hydroxylation is 1. The summed E-state index contributed by atoms with van der Waals surface area (Å²) in [4.78, 5) is 16.7. The van der Waals surface area contributed by atoms with E-state index in [0.717, 1.165) is 11.8 Å². The smallest absolute Gasteiger partial charge is 0.258 e.